The lowest BCUT2D eigenvalue weighted by atomic mass is 10.2. The van der Waals surface area contributed by atoms with Crippen molar-refractivity contribution in [3.8, 4) is 6.07 Å². The second-order valence-corrected chi connectivity index (χ2v) is 3.88. The smallest absolute Gasteiger partial charge is 0.258 e. The minimum Gasteiger partial charge on any atom is -0.258 e. The van der Waals surface area contributed by atoms with Crippen molar-refractivity contribution in [1.82, 2.24) is 4.98 Å². The van der Waals surface area contributed by atoms with E-state index in [0.717, 1.165) is 6.07 Å². The number of nitro groups is 1. The zero-order valence-electron chi connectivity index (χ0n) is 7.65. The van der Waals surface area contributed by atoms with Gasteiger partial charge in [0.1, 0.15) is 0 Å². The fraction of sp³-hybridized carbons (Fsp3) is 0.250. The first-order valence-electron chi connectivity index (χ1n) is 3.96. The molecule has 1 heterocycles. The van der Waals surface area contributed by atoms with Crippen LogP contribution in [0.4, 0.5) is 14.5 Å². The predicted octanol–water partition coefficient (Wildman–Crippen LogP) is 2.60. The number of aromatic nitrogens is 1. The number of nitrogens with zero attached hydrogens (tertiary/aromatic N) is 3. The van der Waals surface area contributed by atoms with Crippen LogP contribution in [0.5, 0.6) is 0 Å². The average molecular weight is 339 g/mol. The third-order valence-corrected chi connectivity index (χ3v) is 2.64. The van der Waals surface area contributed by atoms with Gasteiger partial charge in [0, 0.05) is 9.64 Å². The third-order valence-electron chi connectivity index (χ3n) is 1.71. The van der Waals surface area contributed by atoms with E-state index < -0.39 is 22.7 Å². The van der Waals surface area contributed by atoms with Crippen LogP contribution in [-0.2, 0) is 6.42 Å². The Bertz CT molecular complexity index is 473. The van der Waals surface area contributed by atoms with Gasteiger partial charge < -0.3 is 0 Å². The number of alkyl halides is 2. The summed E-state index contributed by atoms with van der Waals surface area (Å²) >= 11 is 1.72. The molecule has 1 rings (SSSR count). The zero-order valence-corrected chi connectivity index (χ0v) is 9.81. The molecule has 0 aliphatic carbocycles. The number of halogens is 3. The lowest BCUT2D eigenvalue weighted by Gasteiger charge is -2.04. The number of hydrogen-bond acceptors (Lipinski definition) is 4. The highest BCUT2D eigenvalue weighted by Crippen LogP contribution is 2.29. The summed E-state index contributed by atoms with van der Waals surface area (Å²) in [7, 11) is 0. The molecule has 8 heteroatoms. The zero-order chi connectivity index (χ0) is 12.3. The van der Waals surface area contributed by atoms with Crippen molar-refractivity contribution in [2.24, 2.45) is 0 Å². The molecule has 0 spiro atoms. The summed E-state index contributed by atoms with van der Waals surface area (Å²) < 4.78 is 25.3. The maximum atomic E-state index is 12.5. The summed E-state index contributed by atoms with van der Waals surface area (Å²) in [6.07, 6.45) is -3.19. The average Bonchev–Trinajstić information content (AvgIpc) is 2.20. The van der Waals surface area contributed by atoms with Crippen LogP contribution in [0.1, 0.15) is 17.8 Å². The molecular formula is C8H4F2IN3O2. The van der Waals surface area contributed by atoms with Crippen molar-refractivity contribution in [3.63, 3.8) is 0 Å². The maximum Gasteiger partial charge on any atom is 0.297 e. The van der Waals surface area contributed by atoms with E-state index in [4.69, 9.17) is 5.26 Å². The molecule has 0 fully saturated rings. The van der Waals surface area contributed by atoms with Crippen LogP contribution in [0.15, 0.2) is 6.07 Å². The Morgan fingerprint density at radius 1 is 1.69 bits per heavy atom. The highest BCUT2D eigenvalue weighted by Gasteiger charge is 2.25. The molecule has 0 bridgehead atoms. The fourth-order valence-electron chi connectivity index (χ4n) is 1.04. The van der Waals surface area contributed by atoms with Gasteiger partial charge in [0.05, 0.1) is 23.1 Å². The third kappa shape index (κ3) is 2.60. The quantitative estimate of drug-likeness (QED) is 0.482. The van der Waals surface area contributed by atoms with Crippen molar-refractivity contribution in [2.45, 2.75) is 12.8 Å². The molecule has 0 atom stereocenters. The molecule has 5 nitrogen and oxygen atoms in total. The Morgan fingerprint density at radius 3 is 2.75 bits per heavy atom. The van der Waals surface area contributed by atoms with E-state index >= 15 is 0 Å². The van der Waals surface area contributed by atoms with Gasteiger partial charge in [0.2, 0.25) is 0 Å². The van der Waals surface area contributed by atoms with Gasteiger partial charge in [-0.2, -0.15) is 5.26 Å². The van der Waals surface area contributed by atoms with Gasteiger partial charge in [-0.1, -0.05) is 0 Å². The van der Waals surface area contributed by atoms with E-state index in [-0.39, 0.29) is 12.1 Å². The first-order valence-corrected chi connectivity index (χ1v) is 5.04. The van der Waals surface area contributed by atoms with E-state index in [1.165, 1.54) is 0 Å². The molecule has 1 aromatic rings. The Hall–Kier alpha value is -1.37. The van der Waals surface area contributed by atoms with E-state index in [0.29, 0.717) is 3.57 Å². The van der Waals surface area contributed by atoms with Gasteiger partial charge in [-0.05, 0) is 22.6 Å². The number of hydrogen-bond donors (Lipinski definition) is 0. The highest BCUT2D eigenvalue weighted by molar-refractivity contribution is 14.1. The minimum atomic E-state index is -3.03. The number of pyridine rings is 1. The predicted molar refractivity (Wildman–Crippen MR) is 57.9 cm³/mol. The maximum absolute atomic E-state index is 12.5. The number of rotatable bonds is 3. The van der Waals surface area contributed by atoms with Gasteiger partial charge in [0.15, 0.2) is 5.69 Å². The van der Waals surface area contributed by atoms with Crippen LogP contribution in [0.25, 0.3) is 0 Å². The van der Waals surface area contributed by atoms with E-state index in [1.54, 1.807) is 28.7 Å². The van der Waals surface area contributed by atoms with Crippen molar-refractivity contribution < 1.29 is 13.7 Å². The molecular weight excluding hydrogens is 335 g/mol. The van der Waals surface area contributed by atoms with E-state index in [9.17, 15) is 18.9 Å². The highest BCUT2D eigenvalue weighted by atomic mass is 127. The van der Waals surface area contributed by atoms with Gasteiger partial charge in [-0.25, -0.2) is 13.8 Å². The topological polar surface area (TPSA) is 79.8 Å². The van der Waals surface area contributed by atoms with Crippen LogP contribution in [0.3, 0.4) is 0 Å². The largest absolute Gasteiger partial charge is 0.297 e. The Morgan fingerprint density at radius 2 is 2.31 bits per heavy atom. The molecule has 0 radical (unpaired) electrons. The Kier molecular flexibility index (Phi) is 4.05. The van der Waals surface area contributed by atoms with Crippen LogP contribution in [0.2, 0.25) is 0 Å². The number of nitriles is 1. The summed E-state index contributed by atoms with van der Waals surface area (Å²) in [4.78, 5) is 13.1. The van der Waals surface area contributed by atoms with Gasteiger partial charge in [-0.3, -0.25) is 10.1 Å². The van der Waals surface area contributed by atoms with E-state index in [2.05, 4.69) is 4.98 Å². The molecule has 84 valence electrons. The van der Waals surface area contributed by atoms with Crippen molar-refractivity contribution >= 4 is 28.3 Å². The standard InChI is InChI=1S/C8H4F2IN3O2/c9-8(10)7-6(14(15)16)3-4(11)5(13-7)1-2-12/h3,8H,1H2. The first kappa shape index (κ1) is 12.7. The van der Waals surface area contributed by atoms with Gasteiger partial charge >= 0.3 is 0 Å². The fourth-order valence-corrected chi connectivity index (χ4v) is 1.65. The normalized spacial score (nSPS) is 10.2. The molecule has 0 amide bonds. The lowest BCUT2D eigenvalue weighted by molar-refractivity contribution is -0.386. The van der Waals surface area contributed by atoms with Crippen molar-refractivity contribution in [2.75, 3.05) is 0 Å². The molecule has 1 aromatic heterocycles. The Labute approximate surface area is 102 Å². The SMILES string of the molecule is N#CCc1nc(C(F)F)c([N+](=O)[O-])cc1I. The second kappa shape index (κ2) is 5.11. The molecule has 16 heavy (non-hydrogen) atoms. The van der Waals surface area contributed by atoms with Crippen LogP contribution >= 0.6 is 22.6 Å². The molecule has 0 unspecified atom stereocenters. The van der Waals surface area contributed by atoms with Crippen LogP contribution in [-0.4, -0.2) is 9.91 Å². The van der Waals surface area contributed by atoms with Crippen LogP contribution < -0.4 is 0 Å². The summed E-state index contributed by atoms with van der Waals surface area (Å²) in [6.45, 7) is 0. The lowest BCUT2D eigenvalue weighted by Crippen LogP contribution is -2.04. The van der Waals surface area contributed by atoms with E-state index in [1.807, 2.05) is 0 Å². The summed E-state index contributed by atoms with van der Waals surface area (Å²) in [5, 5.41) is 18.9. The molecule has 0 aliphatic heterocycles. The minimum absolute atomic E-state index is 0.129. The summed E-state index contributed by atoms with van der Waals surface area (Å²) in [5.74, 6) is 0. The summed E-state index contributed by atoms with van der Waals surface area (Å²) in [5.41, 5.74) is -1.49. The van der Waals surface area contributed by atoms with Crippen molar-refractivity contribution in [3.05, 3.63) is 31.1 Å². The Balaban J connectivity index is 3.38. The molecule has 0 aliphatic rings. The van der Waals surface area contributed by atoms with Crippen LogP contribution in [0, 0.1) is 25.0 Å². The monoisotopic (exact) mass is 339 g/mol. The van der Waals surface area contributed by atoms with Crippen molar-refractivity contribution in [1.29, 1.82) is 5.26 Å². The summed E-state index contributed by atoms with van der Waals surface area (Å²) in [6, 6.07) is 2.76. The van der Waals surface area contributed by atoms with Gasteiger partial charge in [0.25, 0.3) is 12.1 Å². The first-order chi connectivity index (χ1) is 7.47. The molecule has 0 saturated carbocycles. The second-order valence-electron chi connectivity index (χ2n) is 2.71. The molecule has 0 N–H and O–H groups in total. The molecule has 0 saturated heterocycles. The molecule has 0 aromatic carbocycles. The van der Waals surface area contributed by atoms with Gasteiger partial charge in [-0.15, -0.1) is 0 Å².